The van der Waals surface area contributed by atoms with E-state index in [1.54, 1.807) is 32.0 Å². The van der Waals surface area contributed by atoms with Crippen LogP contribution in [-0.4, -0.2) is 5.78 Å². The number of carbonyl (C=O) groups excluding carboxylic acids is 1. The predicted molar refractivity (Wildman–Crippen MR) is 79.5 cm³/mol. The molecule has 4 heteroatoms. The molecule has 2 aromatic rings. The van der Waals surface area contributed by atoms with E-state index in [1.165, 1.54) is 24.3 Å². The minimum atomic E-state index is -0.755. The molecular weight excluding hydrogens is 294 g/mol. The molecule has 0 radical (unpaired) electrons. The molecule has 2 aromatic carbocycles. The van der Waals surface area contributed by atoms with Crippen LogP contribution in [0.15, 0.2) is 42.5 Å². The number of hydrogen-bond acceptors (Lipinski definition) is 1. The fraction of sp³-hybridized carbons (Fsp3) is 0.235. The Morgan fingerprint density at radius 2 is 1.71 bits per heavy atom. The van der Waals surface area contributed by atoms with Gasteiger partial charge in [0, 0.05) is 11.8 Å². The van der Waals surface area contributed by atoms with E-state index >= 15 is 0 Å². The first-order chi connectivity index (χ1) is 9.80. The predicted octanol–water partition coefficient (Wildman–Crippen LogP) is 4.71. The van der Waals surface area contributed by atoms with Gasteiger partial charge in [0.15, 0.2) is 0 Å². The molecule has 0 aliphatic carbocycles. The number of hydrogen-bond donors (Lipinski definition) is 0. The number of Topliss-reactive ketones (excluding diaryl/α,β-unsaturated/α-hetero) is 1. The van der Waals surface area contributed by atoms with Gasteiger partial charge < -0.3 is 0 Å². The fourth-order valence-corrected chi connectivity index (χ4v) is 2.29. The van der Waals surface area contributed by atoms with Gasteiger partial charge in [-0.15, -0.1) is 0 Å². The molecule has 0 aromatic heterocycles. The summed E-state index contributed by atoms with van der Waals surface area (Å²) in [5.41, 5.74) is 0.637. The van der Waals surface area contributed by atoms with Crippen LogP contribution in [0.3, 0.4) is 0 Å². The van der Waals surface area contributed by atoms with Crippen molar-refractivity contribution in [1.82, 2.24) is 0 Å². The first kappa shape index (κ1) is 15.6. The number of carbonyl (C=O) groups is 1. The lowest BCUT2D eigenvalue weighted by molar-refractivity contribution is -0.122. The Labute approximate surface area is 127 Å². The lowest BCUT2D eigenvalue weighted by atomic mass is 9.78. The molecular formula is C17H15ClF2O. The fourth-order valence-electron chi connectivity index (χ4n) is 2.08. The van der Waals surface area contributed by atoms with Crippen molar-refractivity contribution >= 4 is 17.4 Å². The highest BCUT2D eigenvalue weighted by Crippen LogP contribution is 2.27. The number of rotatable bonds is 4. The quantitative estimate of drug-likeness (QED) is 0.799. The van der Waals surface area contributed by atoms with Crippen LogP contribution in [0.1, 0.15) is 25.0 Å². The summed E-state index contributed by atoms with van der Waals surface area (Å²) >= 11 is 5.72. The third-order valence-electron chi connectivity index (χ3n) is 3.61. The van der Waals surface area contributed by atoms with Gasteiger partial charge in [0.2, 0.25) is 0 Å². The molecule has 2 rings (SSSR count). The van der Waals surface area contributed by atoms with Crippen molar-refractivity contribution in [2.75, 3.05) is 0 Å². The average molecular weight is 309 g/mol. The van der Waals surface area contributed by atoms with Crippen molar-refractivity contribution in [2.24, 2.45) is 0 Å². The van der Waals surface area contributed by atoms with Crippen LogP contribution < -0.4 is 0 Å². The molecule has 1 nitrogen and oxygen atoms in total. The number of halogens is 3. The van der Waals surface area contributed by atoms with E-state index in [0.717, 1.165) is 5.56 Å². The summed E-state index contributed by atoms with van der Waals surface area (Å²) in [6.07, 6.45) is 0.143. The van der Waals surface area contributed by atoms with E-state index < -0.39 is 11.2 Å². The molecule has 0 heterocycles. The SMILES string of the molecule is CC(C)(C(=O)Cc1ccc(F)c(Cl)c1)c1ccc(F)cc1. The average Bonchev–Trinajstić information content (AvgIpc) is 2.43. The summed E-state index contributed by atoms with van der Waals surface area (Å²) in [6.45, 7) is 3.57. The summed E-state index contributed by atoms with van der Waals surface area (Å²) in [6, 6.07) is 10.1. The van der Waals surface area contributed by atoms with Gasteiger partial charge in [-0.1, -0.05) is 29.8 Å². The molecule has 0 aliphatic rings. The maximum Gasteiger partial charge on any atom is 0.147 e. The second-order valence-electron chi connectivity index (χ2n) is 5.48. The van der Waals surface area contributed by atoms with E-state index in [0.29, 0.717) is 5.56 Å². The molecule has 0 fully saturated rings. The van der Waals surface area contributed by atoms with Crippen molar-refractivity contribution in [3.8, 4) is 0 Å². The number of benzene rings is 2. The minimum absolute atomic E-state index is 0.000103. The Morgan fingerprint density at radius 3 is 2.29 bits per heavy atom. The monoisotopic (exact) mass is 308 g/mol. The van der Waals surface area contributed by atoms with Crippen molar-refractivity contribution in [3.63, 3.8) is 0 Å². The Hall–Kier alpha value is -1.74. The molecule has 0 N–H and O–H groups in total. The Balaban J connectivity index is 2.21. The second-order valence-corrected chi connectivity index (χ2v) is 5.89. The van der Waals surface area contributed by atoms with Crippen LogP contribution >= 0.6 is 11.6 Å². The van der Waals surface area contributed by atoms with Crippen molar-refractivity contribution in [3.05, 3.63) is 70.2 Å². The zero-order valence-electron chi connectivity index (χ0n) is 11.8. The molecule has 21 heavy (non-hydrogen) atoms. The highest BCUT2D eigenvalue weighted by Gasteiger charge is 2.29. The molecule has 0 spiro atoms. The summed E-state index contributed by atoms with van der Waals surface area (Å²) in [5.74, 6) is -0.894. The summed E-state index contributed by atoms with van der Waals surface area (Å²) in [5, 5.41) is -0.000103. The van der Waals surface area contributed by atoms with E-state index in [2.05, 4.69) is 0 Å². The Bertz CT molecular complexity index is 663. The van der Waals surface area contributed by atoms with E-state index in [9.17, 15) is 13.6 Å². The van der Waals surface area contributed by atoms with Gasteiger partial charge in [-0.3, -0.25) is 4.79 Å². The van der Waals surface area contributed by atoms with Gasteiger partial charge in [0.1, 0.15) is 17.4 Å². The molecule has 0 saturated heterocycles. The van der Waals surface area contributed by atoms with Gasteiger partial charge in [0.05, 0.1) is 5.02 Å². The van der Waals surface area contributed by atoms with Gasteiger partial charge in [-0.05, 0) is 49.2 Å². The first-order valence-corrected chi connectivity index (χ1v) is 6.92. The smallest absolute Gasteiger partial charge is 0.147 e. The van der Waals surface area contributed by atoms with Gasteiger partial charge in [0.25, 0.3) is 0 Å². The topological polar surface area (TPSA) is 17.1 Å². The first-order valence-electron chi connectivity index (χ1n) is 6.54. The van der Waals surface area contributed by atoms with Crippen LogP contribution in [0.2, 0.25) is 5.02 Å². The van der Waals surface area contributed by atoms with Crippen molar-refractivity contribution in [2.45, 2.75) is 25.7 Å². The molecule has 0 saturated carbocycles. The Kier molecular flexibility index (Phi) is 4.43. The zero-order valence-corrected chi connectivity index (χ0v) is 12.5. The maximum absolute atomic E-state index is 13.1. The van der Waals surface area contributed by atoms with Crippen molar-refractivity contribution in [1.29, 1.82) is 0 Å². The maximum atomic E-state index is 13.1. The lowest BCUT2D eigenvalue weighted by Gasteiger charge is -2.24. The highest BCUT2D eigenvalue weighted by atomic mass is 35.5. The van der Waals surface area contributed by atoms with Crippen molar-refractivity contribution < 1.29 is 13.6 Å². The highest BCUT2D eigenvalue weighted by molar-refractivity contribution is 6.30. The van der Waals surface area contributed by atoms with Crippen LogP contribution in [0, 0.1) is 11.6 Å². The minimum Gasteiger partial charge on any atom is -0.298 e. The second kappa shape index (κ2) is 5.94. The molecule has 110 valence electrons. The largest absolute Gasteiger partial charge is 0.298 e. The van der Waals surface area contributed by atoms with E-state index in [-0.39, 0.29) is 23.0 Å². The molecule has 0 bridgehead atoms. The molecule has 0 amide bonds. The molecule has 0 unspecified atom stereocenters. The molecule has 0 aliphatic heterocycles. The third kappa shape index (κ3) is 3.48. The van der Waals surface area contributed by atoms with E-state index in [4.69, 9.17) is 11.6 Å². The normalized spacial score (nSPS) is 11.5. The van der Waals surface area contributed by atoms with E-state index in [1.807, 2.05) is 0 Å². The number of ketones is 1. The summed E-state index contributed by atoms with van der Waals surface area (Å²) in [4.78, 5) is 12.5. The summed E-state index contributed by atoms with van der Waals surface area (Å²) in [7, 11) is 0. The van der Waals surface area contributed by atoms with Gasteiger partial charge >= 0.3 is 0 Å². The van der Waals surface area contributed by atoms with Gasteiger partial charge in [-0.2, -0.15) is 0 Å². The zero-order chi connectivity index (χ0) is 15.6. The standard InChI is InChI=1S/C17H15ClF2O/c1-17(2,12-4-6-13(19)7-5-12)16(21)10-11-3-8-15(20)14(18)9-11/h3-9H,10H2,1-2H3. The third-order valence-corrected chi connectivity index (χ3v) is 3.90. The van der Waals surface area contributed by atoms with Crippen LogP contribution in [0.4, 0.5) is 8.78 Å². The summed E-state index contributed by atoms with van der Waals surface area (Å²) < 4.78 is 26.1. The van der Waals surface area contributed by atoms with Crippen LogP contribution in [-0.2, 0) is 16.6 Å². The van der Waals surface area contributed by atoms with Crippen LogP contribution in [0.5, 0.6) is 0 Å². The Morgan fingerprint density at radius 1 is 1.10 bits per heavy atom. The van der Waals surface area contributed by atoms with Gasteiger partial charge in [-0.25, -0.2) is 8.78 Å². The lowest BCUT2D eigenvalue weighted by Crippen LogP contribution is -2.30. The van der Waals surface area contributed by atoms with Crippen LogP contribution in [0.25, 0.3) is 0 Å². The molecule has 0 atom stereocenters.